The maximum Gasteiger partial charge on any atom is 0.451 e. The second-order valence-corrected chi connectivity index (χ2v) is 1.96. The van der Waals surface area contributed by atoms with E-state index in [1.54, 1.807) is 0 Å². The van der Waals surface area contributed by atoms with E-state index in [4.69, 9.17) is 0 Å². The van der Waals surface area contributed by atoms with E-state index in [1.807, 2.05) is 0 Å². The van der Waals surface area contributed by atoms with Crippen molar-refractivity contribution < 1.29 is 13.2 Å². The van der Waals surface area contributed by atoms with Crippen LogP contribution in [0.4, 0.5) is 13.2 Å². The fourth-order valence-electron chi connectivity index (χ4n) is 0.538. The van der Waals surface area contributed by atoms with E-state index in [-0.39, 0.29) is 5.69 Å². The molecule has 0 saturated carbocycles. The molecule has 0 unspecified atom stereocenters. The summed E-state index contributed by atoms with van der Waals surface area (Å²) < 4.78 is 35.5. The van der Waals surface area contributed by atoms with Crippen LogP contribution in [-0.4, -0.2) is 9.97 Å². The molecule has 1 aromatic heterocycles. The van der Waals surface area contributed by atoms with E-state index >= 15 is 0 Å². The van der Waals surface area contributed by atoms with Gasteiger partial charge in [0.05, 0.1) is 6.20 Å². The van der Waals surface area contributed by atoms with Crippen LogP contribution in [0, 0.1) is 13.1 Å². The lowest BCUT2D eigenvalue weighted by Crippen LogP contribution is -2.11. The first kappa shape index (κ1) is 7.97. The molecule has 5 heteroatoms. The van der Waals surface area contributed by atoms with Crippen molar-refractivity contribution >= 4 is 0 Å². The minimum Gasteiger partial charge on any atom is -0.230 e. The van der Waals surface area contributed by atoms with Gasteiger partial charge >= 0.3 is 6.18 Å². The van der Waals surface area contributed by atoms with Crippen molar-refractivity contribution in [2.75, 3.05) is 0 Å². The lowest BCUT2D eigenvalue weighted by atomic mass is 10.4. The lowest BCUT2D eigenvalue weighted by Gasteiger charge is -2.02. The fourth-order valence-corrected chi connectivity index (χ4v) is 0.538. The van der Waals surface area contributed by atoms with Crippen molar-refractivity contribution in [3.8, 4) is 0 Å². The number of hydrogen-bond acceptors (Lipinski definition) is 2. The first-order valence-electron chi connectivity index (χ1n) is 2.79. The predicted octanol–water partition coefficient (Wildman–Crippen LogP) is 1.60. The van der Waals surface area contributed by atoms with Gasteiger partial charge < -0.3 is 0 Å². The number of rotatable bonds is 0. The van der Waals surface area contributed by atoms with Crippen LogP contribution in [0.25, 0.3) is 0 Å². The first-order chi connectivity index (χ1) is 5.00. The average Bonchev–Trinajstić information content (AvgIpc) is 1.86. The standard InChI is InChI=1S/C6H4F3N2/c1-4-2-3-10-5(11-4)6(7,8)9/h2H,1H3. The molecule has 0 bridgehead atoms. The number of aromatic nitrogens is 2. The Labute approximate surface area is 61.1 Å². The highest BCUT2D eigenvalue weighted by Crippen LogP contribution is 2.25. The SMILES string of the molecule is Cc1c[c]nc(C(F)(F)F)n1. The third-order valence-electron chi connectivity index (χ3n) is 0.980. The molecule has 59 valence electrons. The molecule has 0 aromatic carbocycles. The second kappa shape index (κ2) is 2.48. The highest BCUT2D eigenvalue weighted by Gasteiger charge is 2.34. The van der Waals surface area contributed by atoms with Gasteiger partial charge in [-0.2, -0.15) is 13.2 Å². The van der Waals surface area contributed by atoms with Crippen molar-refractivity contribution in [3.63, 3.8) is 0 Å². The minimum absolute atomic E-state index is 0.257. The van der Waals surface area contributed by atoms with Gasteiger partial charge in [0.25, 0.3) is 0 Å². The zero-order chi connectivity index (χ0) is 8.48. The Kier molecular flexibility index (Phi) is 1.80. The molecule has 0 aliphatic rings. The highest BCUT2D eigenvalue weighted by atomic mass is 19.4. The van der Waals surface area contributed by atoms with Crippen molar-refractivity contribution in [1.82, 2.24) is 9.97 Å². The monoisotopic (exact) mass is 161 g/mol. The Bertz CT molecular complexity index is 256. The van der Waals surface area contributed by atoms with Crippen LogP contribution in [0.5, 0.6) is 0 Å². The summed E-state index contributed by atoms with van der Waals surface area (Å²) in [6.07, 6.45) is -2.37. The van der Waals surface area contributed by atoms with Gasteiger partial charge in [-0.15, -0.1) is 0 Å². The third kappa shape index (κ3) is 1.89. The summed E-state index contributed by atoms with van der Waals surface area (Å²) in [5, 5.41) is 0. The van der Waals surface area contributed by atoms with Crippen molar-refractivity contribution in [3.05, 3.63) is 23.8 Å². The molecule has 0 fully saturated rings. The van der Waals surface area contributed by atoms with Gasteiger partial charge in [-0.25, -0.2) is 9.97 Å². The van der Waals surface area contributed by atoms with E-state index in [0.29, 0.717) is 0 Å². The summed E-state index contributed by atoms with van der Waals surface area (Å²) in [5.41, 5.74) is 0.257. The topological polar surface area (TPSA) is 25.8 Å². The molecule has 0 saturated heterocycles. The zero-order valence-electron chi connectivity index (χ0n) is 5.61. The summed E-state index contributed by atoms with van der Waals surface area (Å²) in [6, 6.07) is 1.29. The minimum atomic E-state index is -4.47. The molecule has 11 heavy (non-hydrogen) atoms. The summed E-state index contributed by atoms with van der Waals surface area (Å²) in [7, 11) is 0. The van der Waals surface area contributed by atoms with Crippen LogP contribution in [0.15, 0.2) is 6.07 Å². The summed E-state index contributed by atoms with van der Waals surface area (Å²) in [5.74, 6) is -1.14. The predicted molar refractivity (Wildman–Crippen MR) is 30.6 cm³/mol. The molecule has 0 amide bonds. The molecule has 2 nitrogen and oxygen atoms in total. The lowest BCUT2D eigenvalue weighted by molar-refractivity contribution is -0.145. The Morgan fingerprint density at radius 2 is 2.09 bits per heavy atom. The quantitative estimate of drug-likeness (QED) is 0.577. The molecule has 1 radical (unpaired) electrons. The average molecular weight is 161 g/mol. The van der Waals surface area contributed by atoms with Crippen molar-refractivity contribution in [1.29, 1.82) is 0 Å². The second-order valence-electron chi connectivity index (χ2n) is 1.96. The third-order valence-corrected chi connectivity index (χ3v) is 0.980. The normalized spacial score (nSPS) is 11.6. The molecular formula is C6H4F3N2. The molecule has 0 N–H and O–H groups in total. The summed E-state index contributed by atoms with van der Waals surface area (Å²) in [6.45, 7) is 1.45. The van der Waals surface area contributed by atoms with Crippen molar-refractivity contribution in [2.24, 2.45) is 0 Å². The smallest absolute Gasteiger partial charge is 0.230 e. The molecule has 0 aliphatic carbocycles. The van der Waals surface area contributed by atoms with E-state index in [2.05, 4.69) is 16.2 Å². The molecular weight excluding hydrogens is 157 g/mol. The Morgan fingerprint density at radius 3 is 2.45 bits per heavy atom. The van der Waals surface area contributed by atoms with Crippen LogP contribution >= 0.6 is 0 Å². The summed E-state index contributed by atoms with van der Waals surface area (Å²) >= 11 is 0. The summed E-state index contributed by atoms with van der Waals surface area (Å²) in [4.78, 5) is 6.13. The maximum absolute atomic E-state index is 11.8. The van der Waals surface area contributed by atoms with Crippen molar-refractivity contribution in [2.45, 2.75) is 13.1 Å². The van der Waals surface area contributed by atoms with Gasteiger partial charge in [0.15, 0.2) is 0 Å². The number of aryl methyl sites for hydroxylation is 1. The molecule has 0 spiro atoms. The molecule has 0 aliphatic heterocycles. The molecule has 1 aromatic rings. The van der Waals surface area contributed by atoms with Gasteiger partial charge in [0, 0.05) is 5.69 Å². The van der Waals surface area contributed by atoms with Crippen LogP contribution in [-0.2, 0) is 6.18 Å². The molecule has 1 heterocycles. The number of alkyl halides is 3. The van der Waals surface area contributed by atoms with E-state index in [1.165, 1.54) is 13.0 Å². The van der Waals surface area contributed by atoms with Gasteiger partial charge in [0.1, 0.15) is 0 Å². The number of hydrogen-bond donors (Lipinski definition) is 0. The van der Waals surface area contributed by atoms with Crippen LogP contribution in [0.3, 0.4) is 0 Å². The maximum atomic E-state index is 11.8. The Hall–Kier alpha value is -1.13. The zero-order valence-corrected chi connectivity index (χ0v) is 5.61. The van der Waals surface area contributed by atoms with Gasteiger partial charge in [-0.3, -0.25) is 0 Å². The van der Waals surface area contributed by atoms with E-state index in [0.717, 1.165) is 0 Å². The van der Waals surface area contributed by atoms with Crippen LogP contribution in [0.1, 0.15) is 11.5 Å². The Balaban J connectivity index is 3.06. The Morgan fingerprint density at radius 1 is 1.45 bits per heavy atom. The molecule has 1 rings (SSSR count). The van der Waals surface area contributed by atoms with Crippen LogP contribution in [0.2, 0.25) is 0 Å². The number of nitrogens with zero attached hydrogens (tertiary/aromatic N) is 2. The fraction of sp³-hybridized carbons (Fsp3) is 0.333. The highest BCUT2D eigenvalue weighted by molar-refractivity contribution is 5.00. The van der Waals surface area contributed by atoms with E-state index < -0.39 is 12.0 Å². The first-order valence-corrected chi connectivity index (χ1v) is 2.79. The van der Waals surface area contributed by atoms with Gasteiger partial charge in [-0.05, 0) is 13.0 Å². The van der Waals surface area contributed by atoms with E-state index in [9.17, 15) is 13.2 Å². The number of halogens is 3. The largest absolute Gasteiger partial charge is 0.451 e. The van der Waals surface area contributed by atoms with Crippen LogP contribution < -0.4 is 0 Å². The van der Waals surface area contributed by atoms with Gasteiger partial charge in [-0.1, -0.05) is 0 Å². The molecule has 0 atom stereocenters. The van der Waals surface area contributed by atoms with Gasteiger partial charge in [0.2, 0.25) is 5.82 Å².